The second-order valence-electron chi connectivity index (χ2n) is 6.32. The Bertz CT molecular complexity index is 1030. The molecule has 0 aromatic heterocycles. The first-order valence-electron chi connectivity index (χ1n) is 8.85. The molecule has 9 heteroatoms. The number of barbiturate groups is 1. The summed E-state index contributed by atoms with van der Waals surface area (Å²) in [6.07, 6.45) is 0.314. The standard InChI is InChI=1S/C21H18N2O7/c1-12(20(26)27)30-16-7-3-13(4-8-16)11-17-18(24)22-21(28)23(19(17)25)14-5-9-15(29-2)10-6-14/h3-12H,1-2H3,(H,26,27)(H,22,24,28)/b17-11+/t12-/m1/s1. The minimum absolute atomic E-state index is 0.224. The van der Waals surface area contributed by atoms with E-state index in [1.54, 1.807) is 24.3 Å². The molecular formula is C21H18N2O7. The minimum Gasteiger partial charge on any atom is -0.497 e. The second kappa shape index (κ2) is 8.48. The van der Waals surface area contributed by atoms with Crippen LogP contribution in [0.15, 0.2) is 54.1 Å². The summed E-state index contributed by atoms with van der Waals surface area (Å²) in [5.41, 5.74) is 0.550. The lowest BCUT2D eigenvalue weighted by molar-refractivity contribution is -0.144. The first-order chi connectivity index (χ1) is 14.3. The van der Waals surface area contributed by atoms with E-state index in [2.05, 4.69) is 5.32 Å². The summed E-state index contributed by atoms with van der Waals surface area (Å²) in [6, 6.07) is 11.5. The van der Waals surface area contributed by atoms with Crippen LogP contribution in [0.5, 0.6) is 11.5 Å². The van der Waals surface area contributed by atoms with Crippen LogP contribution >= 0.6 is 0 Å². The summed E-state index contributed by atoms with van der Waals surface area (Å²) >= 11 is 0. The Hall–Kier alpha value is -4.14. The molecule has 1 atom stereocenters. The fraction of sp³-hybridized carbons (Fsp3) is 0.143. The molecular weight excluding hydrogens is 392 g/mol. The van der Waals surface area contributed by atoms with Crippen LogP contribution in [0.1, 0.15) is 12.5 Å². The van der Waals surface area contributed by atoms with Gasteiger partial charge in [-0.05, 0) is 55.0 Å². The van der Waals surface area contributed by atoms with Crippen molar-refractivity contribution >= 4 is 35.6 Å². The number of hydrogen-bond donors (Lipinski definition) is 2. The van der Waals surface area contributed by atoms with Gasteiger partial charge in [0.15, 0.2) is 6.10 Å². The van der Waals surface area contributed by atoms with Gasteiger partial charge < -0.3 is 14.6 Å². The van der Waals surface area contributed by atoms with Crippen LogP contribution in [-0.4, -0.2) is 42.1 Å². The molecule has 2 aromatic carbocycles. The molecule has 0 aliphatic carbocycles. The highest BCUT2D eigenvalue weighted by atomic mass is 16.5. The molecule has 0 radical (unpaired) electrons. The molecule has 1 aliphatic rings. The maximum Gasteiger partial charge on any atom is 0.344 e. The number of anilines is 1. The van der Waals surface area contributed by atoms with E-state index in [1.165, 1.54) is 44.4 Å². The van der Waals surface area contributed by atoms with Crippen molar-refractivity contribution in [3.8, 4) is 11.5 Å². The highest BCUT2D eigenvalue weighted by Crippen LogP contribution is 2.24. The molecule has 0 saturated carbocycles. The highest BCUT2D eigenvalue weighted by molar-refractivity contribution is 6.39. The van der Waals surface area contributed by atoms with E-state index >= 15 is 0 Å². The van der Waals surface area contributed by atoms with Crippen molar-refractivity contribution in [3.05, 3.63) is 59.7 Å². The van der Waals surface area contributed by atoms with Gasteiger partial charge >= 0.3 is 12.0 Å². The molecule has 0 spiro atoms. The Morgan fingerprint density at radius 2 is 1.63 bits per heavy atom. The van der Waals surface area contributed by atoms with Gasteiger partial charge in [0.2, 0.25) is 0 Å². The molecule has 1 aliphatic heterocycles. The quantitative estimate of drug-likeness (QED) is 0.553. The summed E-state index contributed by atoms with van der Waals surface area (Å²) in [5, 5.41) is 11.0. The number of carboxylic acids is 1. The number of ether oxygens (including phenoxy) is 2. The fourth-order valence-corrected chi connectivity index (χ4v) is 2.69. The van der Waals surface area contributed by atoms with Crippen LogP contribution in [-0.2, 0) is 14.4 Å². The Kier molecular flexibility index (Phi) is 5.82. The fourth-order valence-electron chi connectivity index (χ4n) is 2.69. The summed E-state index contributed by atoms with van der Waals surface area (Å²) in [7, 11) is 1.49. The van der Waals surface area contributed by atoms with Crippen LogP contribution in [0.4, 0.5) is 10.5 Å². The molecule has 30 heavy (non-hydrogen) atoms. The first-order valence-corrected chi connectivity index (χ1v) is 8.85. The predicted octanol–water partition coefficient (Wildman–Crippen LogP) is 2.21. The Labute approximate surface area is 171 Å². The van der Waals surface area contributed by atoms with Gasteiger partial charge in [0.05, 0.1) is 12.8 Å². The van der Waals surface area contributed by atoms with Crippen molar-refractivity contribution in [2.24, 2.45) is 0 Å². The van der Waals surface area contributed by atoms with Crippen molar-refractivity contribution in [1.29, 1.82) is 0 Å². The molecule has 2 N–H and O–H groups in total. The van der Waals surface area contributed by atoms with E-state index in [-0.39, 0.29) is 11.3 Å². The van der Waals surface area contributed by atoms with E-state index in [4.69, 9.17) is 14.6 Å². The van der Waals surface area contributed by atoms with Crippen LogP contribution in [0, 0.1) is 0 Å². The number of hydrogen-bond acceptors (Lipinski definition) is 6. The Morgan fingerprint density at radius 1 is 1.03 bits per heavy atom. The van der Waals surface area contributed by atoms with E-state index in [0.717, 1.165) is 4.90 Å². The van der Waals surface area contributed by atoms with Gasteiger partial charge in [-0.15, -0.1) is 0 Å². The highest BCUT2D eigenvalue weighted by Gasteiger charge is 2.36. The molecule has 2 aromatic rings. The molecule has 154 valence electrons. The van der Waals surface area contributed by atoms with Crippen LogP contribution in [0.3, 0.4) is 0 Å². The SMILES string of the molecule is COc1ccc(N2C(=O)NC(=O)/C(=C\c3ccc(O[C@H](C)C(=O)O)cc3)C2=O)cc1. The normalized spacial score (nSPS) is 16.3. The number of imide groups is 2. The number of nitrogens with zero attached hydrogens (tertiary/aromatic N) is 1. The Balaban J connectivity index is 1.85. The van der Waals surface area contributed by atoms with Gasteiger partial charge in [0.1, 0.15) is 17.1 Å². The third-order valence-corrected chi connectivity index (χ3v) is 4.28. The number of rotatable bonds is 6. The van der Waals surface area contributed by atoms with Gasteiger partial charge in [-0.25, -0.2) is 14.5 Å². The lowest BCUT2D eigenvalue weighted by Gasteiger charge is -2.26. The van der Waals surface area contributed by atoms with Crippen LogP contribution < -0.4 is 19.7 Å². The summed E-state index contributed by atoms with van der Waals surface area (Å²) in [6.45, 7) is 1.40. The first kappa shape index (κ1) is 20.6. The number of urea groups is 1. The predicted molar refractivity (Wildman–Crippen MR) is 106 cm³/mol. The van der Waals surface area contributed by atoms with Gasteiger partial charge in [-0.1, -0.05) is 12.1 Å². The maximum absolute atomic E-state index is 12.8. The lowest BCUT2D eigenvalue weighted by atomic mass is 10.1. The average molecular weight is 410 g/mol. The molecule has 0 unspecified atom stereocenters. The van der Waals surface area contributed by atoms with Crippen molar-refractivity contribution in [1.82, 2.24) is 5.32 Å². The largest absolute Gasteiger partial charge is 0.497 e. The van der Waals surface area contributed by atoms with Crippen LogP contribution in [0.25, 0.3) is 6.08 Å². The zero-order chi connectivity index (χ0) is 21.8. The van der Waals surface area contributed by atoms with E-state index in [1.807, 2.05) is 0 Å². The topological polar surface area (TPSA) is 122 Å². The summed E-state index contributed by atoms with van der Waals surface area (Å²) in [4.78, 5) is 49.0. The molecule has 1 saturated heterocycles. The monoisotopic (exact) mass is 410 g/mol. The number of carbonyl (C=O) groups is 4. The number of benzene rings is 2. The molecule has 9 nitrogen and oxygen atoms in total. The molecule has 3 rings (SSSR count). The third kappa shape index (κ3) is 4.30. The molecule has 1 heterocycles. The number of carboxylic acid groups (broad SMARTS) is 1. The molecule has 0 bridgehead atoms. The van der Waals surface area contributed by atoms with Gasteiger partial charge in [0, 0.05) is 0 Å². The number of nitrogens with one attached hydrogen (secondary N) is 1. The molecule has 1 fully saturated rings. The van der Waals surface area contributed by atoms with Gasteiger partial charge in [0.25, 0.3) is 11.8 Å². The zero-order valence-electron chi connectivity index (χ0n) is 16.1. The molecule has 4 amide bonds. The smallest absolute Gasteiger partial charge is 0.344 e. The Morgan fingerprint density at radius 3 is 2.20 bits per heavy atom. The maximum atomic E-state index is 12.8. The van der Waals surface area contributed by atoms with Crippen molar-refractivity contribution in [2.75, 3.05) is 12.0 Å². The number of methoxy groups -OCH3 is 1. The van der Waals surface area contributed by atoms with Crippen molar-refractivity contribution in [3.63, 3.8) is 0 Å². The number of carbonyl (C=O) groups excluding carboxylic acids is 3. The van der Waals surface area contributed by atoms with Crippen molar-refractivity contribution < 1.29 is 33.8 Å². The zero-order valence-corrected chi connectivity index (χ0v) is 16.1. The number of amides is 4. The van der Waals surface area contributed by atoms with Crippen LogP contribution in [0.2, 0.25) is 0 Å². The van der Waals surface area contributed by atoms with Crippen molar-refractivity contribution in [2.45, 2.75) is 13.0 Å². The van der Waals surface area contributed by atoms with E-state index < -0.39 is 29.9 Å². The lowest BCUT2D eigenvalue weighted by Crippen LogP contribution is -2.54. The third-order valence-electron chi connectivity index (χ3n) is 4.28. The summed E-state index contributed by atoms with van der Waals surface area (Å²) < 4.78 is 10.3. The van der Waals surface area contributed by atoms with E-state index in [9.17, 15) is 19.2 Å². The van der Waals surface area contributed by atoms with Gasteiger partial charge in [-0.3, -0.25) is 14.9 Å². The summed E-state index contributed by atoms with van der Waals surface area (Å²) in [5.74, 6) is -1.81. The van der Waals surface area contributed by atoms with Gasteiger partial charge in [-0.2, -0.15) is 0 Å². The second-order valence-corrected chi connectivity index (χ2v) is 6.32. The minimum atomic E-state index is -1.10. The number of aliphatic carboxylic acids is 1. The van der Waals surface area contributed by atoms with E-state index in [0.29, 0.717) is 17.1 Å². The average Bonchev–Trinajstić information content (AvgIpc) is 2.72.